The van der Waals surface area contributed by atoms with E-state index in [2.05, 4.69) is 0 Å². The molecule has 1 atom stereocenters. The van der Waals surface area contributed by atoms with E-state index in [9.17, 15) is 18.0 Å². The van der Waals surface area contributed by atoms with Crippen molar-refractivity contribution in [2.45, 2.75) is 6.18 Å². The van der Waals surface area contributed by atoms with Gasteiger partial charge in [0.2, 0.25) is 0 Å². The number of hydrogen-bond donors (Lipinski definition) is 0. The Hall–Kier alpha value is 0.942. The van der Waals surface area contributed by atoms with Crippen molar-refractivity contribution in [2.24, 2.45) is 0 Å². The molecule has 46 valence electrons. The van der Waals surface area contributed by atoms with Crippen LogP contribution in [0.4, 0.5) is 13.2 Å². The SMILES string of the molecule is O=C(P)C(F)(F)F.[U]. The molecule has 0 aliphatic carbocycles. The van der Waals surface area contributed by atoms with Crippen LogP contribution in [0.5, 0.6) is 0 Å². The number of carbonyl (C=O) groups is 1. The zero-order valence-corrected chi connectivity index (χ0v) is 8.94. The average molecular weight is 368 g/mol. The van der Waals surface area contributed by atoms with Gasteiger partial charge in [-0.3, -0.25) is 4.79 Å². The van der Waals surface area contributed by atoms with Gasteiger partial charge in [0, 0.05) is 31.1 Å². The van der Waals surface area contributed by atoms with E-state index in [-0.39, 0.29) is 31.1 Å². The fraction of sp³-hybridized carbons (Fsp3) is 0.500. The molecule has 0 spiro atoms. The normalized spacial score (nSPS) is 10.0. The second-order valence-corrected chi connectivity index (χ2v) is 1.39. The van der Waals surface area contributed by atoms with Gasteiger partial charge in [-0.25, -0.2) is 0 Å². The Kier molecular flexibility index (Phi) is 5.66. The molecular formula is C2H2F3OPU. The zero-order valence-electron chi connectivity index (χ0n) is 3.62. The summed E-state index contributed by atoms with van der Waals surface area (Å²) >= 11 is 0. The first-order valence-electron chi connectivity index (χ1n) is 1.31. The molecule has 0 aromatic heterocycles. The van der Waals surface area contributed by atoms with Crippen molar-refractivity contribution < 1.29 is 49.1 Å². The van der Waals surface area contributed by atoms with Crippen molar-refractivity contribution in [3.63, 3.8) is 0 Å². The molecule has 1 nitrogen and oxygen atoms in total. The molecule has 0 aromatic rings. The maximum absolute atomic E-state index is 10.8. The topological polar surface area (TPSA) is 17.1 Å². The predicted octanol–water partition coefficient (Wildman–Crippen LogP) is 0.950. The van der Waals surface area contributed by atoms with Crippen LogP contribution in [0.3, 0.4) is 0 Å². The van der Waals surface area contributed by atoms with Crippen LogP contribution < -0.4 is 0 Å². The molecule has 8 heavy (non-hydrogen) atoms. The molecule has 0 amide bonds. The van der Waals surface area contributed by atoms with Crippen molar-refractivity contribution in [3.8, 4) is 0 Å². The standard InChI is InChI=1S/C2H2F3OP.U/c3-2(4,5)1(6)7;/h7H2;. The maximum Gasteiger partial charge on any atom is 0.453 e. The molecule has 0 radical (unpaired) electrons. The Labute approximate surface area is 70.0 Å². The van der Waals surface area contributed by atoms with E-state index in [4.69, 9.17) is 0 Å². The minimum absolute atomic E-state index is 0. The van der Waals surface area contributed by atoms with Crippen LogP contribution in [0.2, 0.25) is 0 Å². The van der Waals surface area contributed by atoms with Gasteiger partial charge in [0.1, 0.15) is 0 Å². The van der Waals surface area contributed by atoms with Crippen LogP contribution in [0.1, 0.15) is 0 Å². The van der Waals surface area contributed by atoms with Gasteiger partial charge in [-0.2, -0.15) is 13.2 Å². The van der Waals surface area contributed by atoms with Gasteiger partial charge in [0.25, 0.3) is 5.52 Å². The van der Waals surface area contributed by atoms with E-state index < -0.39 is 11.7 Å². The molecule has 6 heteroatoms. The summed E-state index contributed by atoms with van der Waals surface area (Å²) in [5, 5.41) is 0. The Morgan fingerprint density at radius 1 is 1.38 bits per heavy atom. The molecule has 0 heterocycles. The van der Waals surface area contributed by atoms with Gasteiger partial charge in [-0.15, -0.1) is 0 Å². The van der Waals surface area contributed by atoms with Crippen LogP contribution in [0.15, 0.2) is 0 Å². The molecule has 0 aromatic carbocycles. The van der Waals surface area contributed by atoms with E-state index in [1.54, 1.807) is 0 Å². The predicted molar refractivity (Wildman–Crippen MR) is 20.8 cm³/mol. The van der Waals surface area contributed by atoms with Crippen molar-refractivity contribution in [1.82, 2.24) is 0 Å². The van der Waals surface area contributed by atoms with Gasteiger partial charge in [-0.1, -0.05) is 9.24 Å². The first-order chi connectivity index (χ1) is 2.94. The van der Waals surface area contributed by atoms with Crippen LogP contribution in [-0.2, 0) is 4.79 Å². The van der Waals surface area contributed by atoms with Crippen molar-refractivity contribution in [1.29, 1.82) is 0 Å². The van der Waals surface area contributed by atoms with E-state index in [1.165, 1.54) is 0 Å². The number of carbonyl (C=O) groups excluding carboxylic acids is 1. The van der Waals surface area contributed by atoms with E-state index >= 15 is 0 Å². The van der Waals surface area contributed by atoms with Gasteiger partial charge >= 0.3 is 6.18 Å². The van der Waals surface area contributed by atoms with E-state index in [0.717, 1.165) is 9.24 Å². The summed E-state index contributed by atoms with van der Waals surface area (Å²) in [6, 6.07) is 0. The van der Waals surface area contributed by atoms with Crippen molar-refractivity contribution in [3.05, 3.63) is 0 Å². The molecule has 0 aliphatic rings. The van der Waals surface area contributed by atoms with Crippen LogP contribution in [0.25, 0.3) is 0 Å². The Bertz CT molecular complexity index is 89.8. The first-order valence-corrected chi connectivity index (χ1v) is 1.89. The summed E-state index contributed by atoms with van der Waals surface area (Å²) in [6.45, 7) is 0. The number of halogens is 3. The smallest absolute Gasteiger partial charge is 0.285 e. The largest absolute Gasteiger partial charge is 0.453 e. The van der Waals surface area contributed by atoms with E-state index in [1.807, 2.05) is 0 Å². The molecule has 0 fully saturated rings. The van der Waals surface area contributed by atoms with Crippen molar-refractivity contribution >= 4 is 14.8 Å². The average Bonchev–Trinajstić information content (AvgIpc) is 1.31. The Balaban J connectivity index is 0. The summed E-state index contributed by atoms with van der Waals surface area (Å²) in [7, 11) is 1.04. The van der Waals surface area contributed by atoms with Gasteiger partial charge in [0.05, 0.1) is 0 Å². The second kappa shape index (κ2) is 3.87. The molecule has 1 unspecified atom stereocenters. The summed E-state index contributed by atoms with van der Waals surface area (Å²) in [5.74, 6) is 0. The molecule has 0 aliphatic heterocycles. The third kappa shape index (κ3) is 5.09. The van der Waals surface area contributed by atoms with Gasteiger partial charge in [-0.05, 0) is 0 Å². The zero-order chi connectivity index (χ0) is 6.08. The van der Waals surface area contributed by atoms with Crippen LogP contribution in [-0.4, -0.2) is 11.7 Å². The number of hydrogen-bond acceptors (Lipinski definition) is 1. The molecule has 0 bridgehead atoms. The Morgan fingerprint density at radius 2 is 1.50 bits per heavy atom. The summed E-state index contributed by atoms with van der Waals surface area (Å²) in [5.41, 5.74) is -1.84. The number of rotatable bonds is 0. The van der Waals surface area contributed by atoms with Crippen LogP contribution in [0, 0.1) is 31.1 Å². The minimum atomic E-state index is -4.68. The first kappa shape index (κ1) is 11.7. The third-order valence-electron chi connectivity index (χ3n) is 0.279. The van der Waals surface area contributed by atoms with Crippen LogP contribution >= 0.6 is 9.24 Å². The molecule has 0 saturated heterocycles. The molecular weight excluding hydrogens is 366 g/mol. The second-order valence-electron chi connectivity index (χ2n) is 0.862. The van der Waals surface area contributed by atoms with E-state index in [0.29, 0.717) is 0 Å². The maximum atomic E-state index is 10.8. The monoisotopic (exact) mass is 368 g/mol. The molecule has 0 rings (SSSR count). The Morgan fingerprint density at radius 3 is 1.50 bits per heavy atom. The summed E-state index contributed by atoms with van der Waals surface area (Å²) < 4.78 is 32.4. The fourth-order valence-electron chi connectivity index (χ4n) is 0. The van der Waals surface area contributed by atoms with Crippen molar-refractivity contribution in [2.75, 3.05) is 0 Å². The summed E-state index contributed by atoms with van der Waals surface area (Å²) in [4.78, 5) is 9.30. The fourth-order valence-corrected chi connectivity index (χ4v) is 0. The quantitative estimate of drug-likeness (QED) is 0.583. The molecule has 0 saturated carbocycles. The number of alkyl halides is 3. The molecule has 0 N–H and O–H groups in total. The third-order valence-corrected chi connectivity index (χ3v) is 0.607. The summed E-state index contributed by atoms with van der Waals surface area (Å²) in [6.07, 6.45) is -4.68. The van der Waals surface area contributed by atoms with Gasteiger partial charge < -0.3 is 0 Å². The minimum Gasteiger partial charge on any atom is -0.285 e. The van der Waals surface area contributed by atoms with Gasteiger partial charge in [0.15, 0.2) is 0 Å².